The Morgan fingerprint density at radius 2 is 1.71 bits per heavy atom. The molecule has 4 rings (SSSR count). The maximum absolute atomic E-state index is 14.0. The number of nitrogens with zero attached hydrogens (tertiary/aromatic N) is 4. The second-order valence-electron chi connectivity index (χ2n) is 13.0. The summed E-state index contributed by atoms with van der Waals surface area (Å²) in [5.41, 5.74) is 2.96. The quantitative estimate of drug-likeness (QED) is 0.200. The molecule has 5 unspecified atom stereocenters. The topological polar surface area (TPSA) is 68.1 Å². The van der Waals surface area contributed by atoms with Crippen molar-refractivity contribution in [2.24, 2.45) is 17.8 Å². The van der Waals surface area contributed by atoms with Crippen LogP contribution in [0.5, 0.6) is 0 Å². The fourth-order valence-corrected chi connectivity index (χ4v) is 7.92. The Kier molecular flexibility index (Phi) is 10.4. The summed E-state index contributed by atoms with van der Waals surface area (Å²) in [5, 5.41) is 4.70. The molecule has 2 aromatic carbocycles. The minimum absolute atomic E-state index is 0.124. The van der Waals surface area contributed by atoms with Crippen molar-refractivity contribution in [1.82, 2.24) is 19.7 Å². The van der Waals surface area contributed by atoms with Gasteiger partial charge < -0.3 is 0 Å². The van der Waals surface area contributed by atoms with Gasteiger partial charge in [-0.2, -0.15) is 5.10 Å². The van der Waals surface area contributed by atoms with Gasteiger partial charge >= 0.3 is 0 Å². The summed E-state index contributed by atoms with van der Waals surface area (Å²) in [5.74, 6) is 2.33. The van der Waals surface area contributed by atoms with Gasteiger partial charge in [-0.3, -0.25) is 4.90 Å². The molecule has 1 aromatic heterocycles. The Balaban J connectivity index is 1.76. The summed E-state index contributed by atoms with van der Waals surface area (Å²) < 4.78 is 30.1. The average molecular weight is 593 g/mol. The van der Waals surface area contributed by atoms with E-state index in [0.717, 1.165) is 61.5 Å². The van der Waals surface area contributed by atoms with Gasteiger partial charge in [0.25, 0.3) is 0 Å². The molecule has 2 heterocycles. The summed E-state index contributed by atoms with van der Waals surface area (Å²) >= 11 is 0. The first-order valence-electron chi connectivity index (χ1n) is 16.1. The van der Waals surface area contributed by atoms with E-state index in [-0.39, 0.29) is 11.6 Å². The Hall–Kier alpha value is -2.51. The molecule has 0 spiro atoms. The van der Waals surface area contributed by atoms with Crippen LogP contribution in [0.3, 0.4) is 0 Å². The highest BCUT2D eigenvalue weighted by Crippen LogP contribution is 2.44. The minimum atomic E-state index is -3.70. The van der Waals surface area contributed by atoms with Gasteiger partial charge in [0.15, 0.2) is 5.82 Å². The lowest BCUT2D eigenvalue weighted by molar-refractivity contribution is 0.187. The molecule has 7 heteroatoms. The monoisotopic (exact) mass is 592 g/mol. The van der Waals surface area contributed by atoms with E-state index in [2.05, 4.69) is 65.1 Å². The van der Waals surface area contributed by atoms with Gasteiger partial charge in [-0.05, 0) is 97.4 Å². The van der Waals surface area contributed by atoms with Crippen molar-refractivity contribution in [3.8, 4) is 11.4 Å². The highest BCUT2D eigenvalue weighted by molar-refractivity contribution is 7.91. The van der Waals surface area contributed by atoms with Crippen LogP contribution >= 0.6 is 0 Å². The third-order valence-corrected chi connectivity index (χ3v) is 12.2. The van der Waals surface area contributed by atoms with Crippen LogP contribution in [0, 0.1) is 17.8 Å². The van der Waals surface area contributed by atoms with E-state index in [1.807, 2.05) is 24.3 Å². The van der Waals surface area contributed by atoms with E-state index >= 15 is 0 Å². The highest BCUT2D eigenvalue weighted by Gasteiger charge is 2.37. The van der Waals surface area contributed by atoms with Crippen LogP contribution in [0.15, 0.2) is 58.6 Å². The third kappa shape index (κ3) is 6.37. The fourth-order valence-electron chi connectivity index (χ4n) is 6.63. The molecular weight excluding hydrogens is 540 g/mol. The van der Waals surface area contributed by atoms with Gasteiger partial charge in [-0.15, -0.1) is 0 Å². The molecule has 0 amide bonds. The van der Waals surface area contributed by atoms with Crippen molar-refractivity contribution in [2.75, 3.05) is 13.6 Å². The van der Waals surface area contributed by atoms with E-state index in [9.17, 15) is 8.42 Å². The van der Waals surface area contributed by atoms with Crippen LogP contribution in [0.2, 0.25) is 0 Å². The summed E-state index contributed by atoms with van der Waals surface area (Å²) in [6.45, 7) is 16.8. The lowest BCUT2D eigenvalue weighted by Gasteiger charge is -2.37. The number of benzene rings is 2. The summed E-state index contributed by atoms with van der Waals surface area (Å²) in [6.07, 6.45) is 9.24. The van der Waals surface area contributed by atoms with Gasteiger partial charge in [0.2, 0.25) is 9.84 Å². The fraction of sp³-hybridized carbons (Fsp3) is 0.600. The molecule has 0 bridgehead atoms. The van der Waals surface area contributed by atoms with E-state index in [4.69, 9.17) is 10.1 Å². The smallest absolute Gasteiger partial charge is 0.206 e. The number of aromatic nitrogens is 3. The Morgan fingerprint density at radius 1 is 1.02 bits per heavy atom. The summed E-state index contributed by atoms with van der Waals surface area (Å²) in [7, 11) is -1.56. The van der Waals surface area contributed by atoms with Crippen molar-refractivity contribution in [3.05, 3.63) is 59.9 Å². The average Bonchev–Trinajstić information content (AvgIpc) is 3.61. The largest absolute Gasteiger partial charge is 0.285 e. The molecule has 3 aromatic rings. The Bertz CT molecular complexity index is 1420. The molecule has 1 fully saturated rings. The molecule has 1 aliphatic rings. The van der Waals surface area contributed by atoms with Crippen LogP contribution in [-0.2, 0) is 21.7 Å². The van der Waals surface area contributed by atoms with E-state index < -0.39 is 9.84 Å². The molecule has 230 valence electrons. The molecule has 0 N–H and O–H groups in total. The van der Waals surface area contributed by atoms with Crippen molar-refractivity contribution in [2.45, 2.75) is 115 Å². The van der Waals surface area contributed by atoms with Gasteiger partial charge in [0, 0.05) is 12.1 Å². The standard InChI is InChI=1S/C35H52N4O2S/c1-9-25(4)13-12-14-28-15-17-29(18-16-28)42(40,41)30-19-20-31(32(23-30)35(7,11-3)27(6)10-2)33-36-24-37-39(33)34-26(5)21-22-38(34)8/h15-20,23-27,34H,9-14,21-22H2,1-8H3. The van der Waals surface area contributed by atoms with Gasteiger partial charge in [-0.25, -0.2) is 18.1 Å². The molecule has 42 heavy (non-hydrogen) atoms. The second kappa shape index (κ2) is 13.4. The summed E-state index contributed by atoms with van der Waals surface area (Å²) in [4.78, 5) is 7.79. The van der Waals surface area contributed by atoms with Gasteiger partial charge in [0.1, 0.15) is 12.5 Å². The predicted molar refractivity (Wildman–Crippen MR) is 172 cm³/mol. The molecule has 0 saturated carbocycles. The Morgan fingerprint density at radius 3 is 2.31 bits per heavy atom. The molecule has 5 atom stereocenters. The maximum Gasteiger partial charge on any atom is 0.206 e. The van der Waals surface area contributed by atoms with Gasteiger partial charge in [-0.1, -0.05) is 79.9 Å². The second-order valence-corrected chi connectivity index (χ2v) is 15.0. The number of rotatable bonds is 13. The number of likely N-dealkylation sites (tertiary alicyclic amines) is 1. The molecule has 6 nitrogen and oxygen atoms in total. The van der Waals surface area contributed by atoms with E-state index in [0.29, 0.717) is 21.6 Å². The number of aryl methyl sites for hydroxylation is 1. The molecule has 0 radical (unpaired) electrons. The van der Waals surface area contributed by atoms with Gasteiger partial charge in [0.05, 0.1) is 9.79 Å². The minimum Gasteiger partial charge on any atom is -0.285 e. The van der Waals surface area contributed by atoms with Crippen LogP contribution in [-0.4, -0.2) is 41.7 Å². The first-order valence-corrected chi connectivity index (χ1v) is 17.5. The first-order chi connectivity index (χ1) is 20.0. The number of hydrogen-bond donors (Lipinski definition) is 0. The van der Waals surface area contributed by atoms with Crippen molar-refractivity contribution in [3.63, 3.8) is 0 Å². The summed E-state index contributed by atoms with van der Waals surface area (Å²) in [6, 6.07) is 13.2. The highest BCUT2D eigenvalue weighted by atomic mass is 32.2. The number of hydrogen-bond acceptors (Lipinski definition) is 5. The van der Waals surface area contributed by atoms with Crippen molar-refractivity contribution in [1.29, 1.82) is 0 Å². The molecule has 0 aliphatic carbocycles. The molecular formula is C35H52N4O2S. The lowest BCUT2D eigenvalue weighted by atomic mass is 9.68. The zero-order valence-corrected chi connectivity index (χ0v) is 27.9. The predicted octanol–water partition coefficient (Wildman–Crippen LogP) is 8.33. The van der Waals surface area contributed by atoms with Crippen molar-refractivity contribution < 1.29 is 8.42 Å². The van der Waals surface area contributed by atoms with Crippen molar-refractivity contribution >= 4 is 9.84 Å². The maximum atomic E-state index is 14.0. The zero-order valence-electron chi connectivity index (χ0n) is 27.1. The van der Waals surface area contributed by atoms with Crippen LogP contribution in [0.4, 0.5) is 0 Å². The molecule has 1 saturated heterocycles. The zero-order chi connectivity index (χ0) is 30.7. The third-order valence-electron chi connectivity index (χ3n) is 10.4. The van der Waals surface area contributed by atoms with E-state index in [1.165, 1.54) is 18.4 Å². The lowest BCUT2D eigenvalue weighted by Crippen LogP contribution is -2.31. The Labute approximate surface area is 254 Å². The SMILES string of the molecule is CCC(C)CCCc1ccc(S(=O)(=O)c2ccc(-c3ncnn3C3C(C)CCN3C)c(C(C)(CC)C(C)CC)c2)cc1. The first kappa shape index (κ1) is 32.4. The van der Waals surface area contributed by atoms with Crippen LogP contribution in [0.1, 0.15) is 104 Å². The number of sulfone groups is 1. The normalized spacial score (nSPS) is 20.9. The van der Waals surface area contributed by atoms with Crippen LogP contribution in [0.25, 0.3) is 11.4 Å². The van der Waals surface area contributed by atoms with E-state index in [1.54, 1.807) is 24.5 Å². The molecule has 1 aliphatic heterocycles. The van der Waals surface area contributed by atoms with Crippen LogP contribution < -0.4 is 0 Å².